The first-order valence-corrected chi connectivity index (χ1v) is 8.38. The molecule has 20 heavy (non-hydrogen) atoms. The molecule has 0 radical (unpaired) electrons. The van der Waals surface area contributed by atoms with E-state index in [0.29, 0.717) is 0 Å². The standard InChI is InChI=1S/C17H23NOS/c1-3-20-12-6-11-19-17-10-9-14-7-4-5-8-15(14)16(17)13-18-2/h4-5,7-10,18H,3,6,11-13H2,1-2H3. The second-order valence-corrected chi connectivity index (χ2v) is 6.09. The average Bonchev–Trinajstić information content (AvgIpc) is 2.49. The van der Waals surface area contributed by atoms with Gasteiger partial charge in [-0.05, 0) is 41.8 Å². The third kappa shape index (κ3) is 3.90. The monoisotopic (exact) mass is 289 g/mol. The number of ether oxygens (including phenoxy) is 1. The normalized spacial score (nSPS) is 10.9. The summed E-state index contributed by atoms with van der Waals surface area (Å²) in [6, 6.07) is 12.7. The molecule has 3 heteroatoms. The van der Waals surface area contributed by atoms with Crippen molar-refractivity contribution >= 4 is 22.5 Å². The van der Waals surface area contributed by atoms with Gasteiger partial charge in [-0.2, -0.15) is 11.8 Å². The van der Waals surface area contributed by atoms with E-state index in [1.54, 1.807) is 0 Å². The van der Waals surface area contributed by atoms with Crippen LogP contribution >= 0.6 is 11.8 Å². The second kappa shape index (κ2) is 8.18. The first-order chi connectivity index (χ1) is 9.86. The van der Waals surface area contributed by atoms with Gasteiger partial charge in [-0.15, -0.1) is 0 Å². The molecule has 0 aromatic heterocycles. The molecule has 0 atom stereocenters. The fraction of sp³-hybridized carbons (Fsp3) is 0.412. The van der Waals surface area contributed by atoms with Crippen LogP contribution in [0.5, 0.6) is 5.75 Å². The lowest BCUT2D eigenvalue weighted by molar-refractivity contribution is 0.315. The van der Waals surface area contributed by atoms with E-state index in [-0.39, 0.29) is 0 Å². The number of rotatable bonds is 8. The molecule has 0 heterocycles. The highest BCUT2D eigenvalue weighted by molar-refractivity contribution is 7.99. The van der Waals surface area contributed by atoms with E-state index in [0.717, 1.165) is 25.3 Å². The molecule has 0 spiro atoms. The van der Waals surface area contributed by atoms with Crippen LogP contribution in [-0.2, 0) is 6.54 Å². The molecule has 108 valence electrons. The fourth-order valence-corrected chi connectivity index (χ4v) is 2.91. The van der Waals surface area contributed by atoms with Gasteiger partial charge >= 0.3 is 0 Å². The van der Waals surface area contributed by atoms with Gasteiger partial charge in [0.15, 0.2) is 0 Å². The number of benzene rings is 2. The van der Waals surface area contributed by atoms with Crippen LogP contribution in [0.1, 0.15) is 18.9 Å². The van der Waals surface area contributed by atoms with E-state index in [2.05, 4.69) is 48.6 Å². The van der Waals surface area contributed by atoms with Gasteiger partial charge in [0.05, 0.1) is 6.61 Å². The van der Waals surface area contributed by atoms with E-state index < -0.39 is 0 Å². The van der Waals surface area contributed by atoms with E-state index in [9.17, 15) is 0 Å². The van der Waals surface area contributed by atoms with Crippen LogP contribution in [0.15, 0.2) is 36.4 Å². The van der Waals surface area contributed by atoms with Crippen LogP contribution in [0.2, 0.25) is 0 Å². The molecule has 0 fully saturated rings. The van der Waals surface area contributed by atoms with Crippen molar-refractivity contribution in [3.8, 4) is 5.75 Å². The lowest BCUT2D eigenvalue weighted by Gasteiger charge is -2.14. The molecule has 0 saturated heterocycles. The zero-order chi connectivity index (χ0) is 14.2. The summed E-state index contributed by atoms with van der Waals surface area (Å²) < 4.78 is 5.99. The molecule has 0 aliphatic heterocycles. The topological polar surface area (TPSA) is 21.3 Å². The molecule has 2 rings (SSSR count). The molecular formula is C17H23NOS. The zero-order valence-corrected chi connectivity index (χ0v) is 13.1. The van der Waals surface area contributed by atoms with Crippen LogP contribution in [-0.4, -0.2) is 25.2 Å². The van der Waals surface area contributed by atoms with Crippen molar-refractivity contribution in [1.82, 2.24) is 5.32 Å². The Kier molecular flexibility index (Phi) is 6.22. The minimum atomic E-state index is 0.794. The number of nitrogens with one attached hydrogen (secondary N) is 1. The predicted molar refractivity (Wildman–Crippen MR) is 89.8 cm³/mol. The SMILES string of the molecule is CCSCCCOc1ccc2ccccc2c1CNC. The van der Waals surface area contributed by atoms with Crippen LogP contribution in [0.3, 0.4) is 0 Å². The average molecular weight is 289 g/mol. The number of thioether (sulfide) groups is 1. The first kappa shape index (κ1) is 15.2. The van der Waals surface area contributed by atoms with Gasteiger partial charge < -0.3 is 10.1 Å². The van der Waals surface area contributed by atoms with E-state index >= 15 is 0 Å². The molecule has 1 N–H and O–H groups in total. The van der Waals surface area contributed by atoms with Gasteiger partial charge in [0.2, 0.25) is 0 Å². The molecule has 2 nitrogen and oxygen atoms in total. The highest BCUT2D eigenvalue weighted by atomic mass is 32.2. The third-order valence-corrected chi connectivity index (χ3v) is 4.23. The summed E-state index contributed by atoms with van der Waals surface area (Å²) in [7, 11) is 1.98. The van der Waals surface area contributed by atoms with E-state index in [4.69, 9.17) is 4.74 Å². The quantitative estimate of drug-likeness (QED) is 0.740. The van der Waals surface area contributed by atoms with Crippen molar-refractivity contribution in [3.63, 3.8) is 0 Å². The predicted octanol–water partition coefficient (Wildman–Crippen LogP) is 4.08. The molecule has 0 aliphatic rings. The summed E-state index contributed by atoms with van der Waals surface area (Å²) in [4.78, 5) is 0. The van der Waals surface area contributed by atoms with Gasteiger partial charge in [0.25, 0.3) is 0 Å². The van der Waals surface area contributed by atoms with Crippen molar-refractivity contribution in [2.24, 2.45) is 0 Å². The van der Waals surface area contributed by atoms with Gasteiger partial charge in [0, 0.05) is 12.1 Å². The van der Waals surface area contributed by atoms with E-state index in [1.807, 2.05) is 18.8 Å². The van der Waals surface area contributed by atoms with Crippen LogP contribution in [0, 0.1) is 0 Å². The van der Waals surface area contributed by atoms with Crippen molar-refractivity contribution < 1.29 is 4.74 Å². The van der Waals surface area contributed by atoms with Gasteiger partial charge in [-0.3, -0.25) is 0 Å². The minimum Gasteiger partial charge on any atom is -0.493 e. The van der Waals surface area contributed by atoms with E-state index in [1.165, 1.54) is 27.8 Å². The van der Waals surface area contributed by atoms with Crippen molar-refractivity contribution in [2.75, 3.05) is 25.2 Å². The Bertz CT molecular complexity index is 542. The fourth-order valence-electron chi connectivity index (χ4n) is 2.30. The van der Waals surface area contributed by atoms with Crippen LogP contribution in [0.4, 0.5) is 0 Å². The summed E-state index contributed by atoms with van der Waals surface area (Å²) in [6.45, 7) is 3.82. The van der Waals surface area contributed by atoms with Gasteiger partial charge in [-0.1, -0.05) is 37.3 Å². The Morgan fingerprint density at radius 2 is 2.00 bits per heavy atom. The Morgan fingerprint density at radius 1 is 1.15 bits per heavy atom. The van der Waals surface area contributed by atoms with Crippen molar-refractivity contribution in [1.29, 1.82) is 0 Å². The largest absolute Gasteiger partial charge is 0.493 e. The minimum absolute atomic E-state index is 0.794. The first-order valence-electron chi connectivity index (χ1n) is 7.22. The Morgan fingerprint density at radius 3 is 2.80 bits per heavy atom. The Labute approximate surface area is 125 Å². The second-order valence-electron chi connectivity index (χ2n) is 4.69. The maximum Gasteiger partial charge on any atom is 0.124 e. The third-order valence-electron chi connectivity index (χ3n) is 3.25. The summed E-state index contributed by atoms with van der Waals surface area (Å²) in [5.41, 5.74) is 1.26. The Hall–Kier alpha value is -1.19. The molecular weight excluding hydrogens is 266 g/mol. The zero-order valence-electron chi connectivity index (χ0n) is 12.3. The summed E-state index contributed by atoms with van der Waals surface area (Å²) in [5, 5.41) is 5.79. The molecule has 0 amide bonds. The summed E-state index contributed by atoms with van der Waals surface area (Å²) >= 11 is 1.97. The molecule has 0 bridgehead atoms. The van der Waals surface area contributed by atoms with Crippen molar-refractivity contribution in [2.45, 2.75) is 19.9 Å². The highest BCUT2D eigenvalue weighted by Gasteiger charge is 2.07. The molecule has 2 aromatic rings. The number of hydrogen-bond acceptors (Lipinski definition) is 3. The number of fused-ring (bicyclic) bond motifs is 1. The smallest absolute Gasteiger partial charge is 0.124 e. The number of hydrogen-bond donors (Lipinski definition) is 1. The maximum atomic E-state index is 5.99. The summed E-state index contributed by atoms with van der Waals surface area (Å²) in [5.74, 6) is 3.37. The van der Waals surface area contributed by atoms with Crippen LogP contribution < -0.4 is 10.1 Å². The van der Waals surface area contributed by atoms with Gasteiger partial charge in [-0.25, -0.2) is 0 Å². The summed E-state index contributed by atoms with van der Waals surface area (Å²) in [6.07, 6.45) is 1.10. The lowest BCUT2D eigenvalue weighted by atomic mass is 10.0. The van der Waals surface area contributed by atoms with Crippen molar-refractivity contribution in [3.05, 3.63) is 42.0 Å². The van der Waals surface area contributed by atoms with Crippen LogP contribution in [0.25, 0.3) is 10.8 Å². The molecule has 0 saturated carbocycles. The molecule has 0 unspecified atom stereocenters. The molecule has 0 aliphatic carbocycles. The Balaban J connectivity index is 2.13. The maximum absolute atomic E-state index is 5.99. The highest BCUT2D eigenvalue weighted by Crippen LogP contribution is 2.28. The van der Waals surface area contributed by atoms with Gasteiger partial charge in [0.1, 0.15) is 5.75 Å². The molecule has 2 aromatic carbocycles. The lowest BCUT2D eigenvalue weighted by Crippen LogP contribution is -2.09.